The summed E-state index contributed by atoms with van der Waals surface area (Å²) in [5, 5.41) is 0. The van der Waals surface area contributed by atoms with Gasteiger partial charge in [0.1, 0.15) is 17.5 Å². The van der Waals surface area contributed by atoms with Gasteiger partial charge in [-0.1, -0.05) is 0 Å². The van der Waals surface area contributed by atoms with Crippen LogP contribution in [0, 0.1) is 13.8 Å². The van der Waals surface area contributed by atoms with E-state index in [0.717, 1.165) is 30.3 Å². The molecule has 6 nitrogen and oxygen atoms in total. The average molecular weight is 238 g/mol. The molecule has 0 fully saturated rings. The number of hydrazine groups is 1. The molecule has 0 aromatic carbocycles. The van der Waals surface area contributed by atoms with Gasteiger partial charge in [0.2, 0.25) is 0 Å². The molecule has 0 aliphatic heterocycles. The van der Waals surface area contributed by atoms with E-state index in [1.807, 2.05) is 20.9 Å². The van der Waals surface area contributed by atoms with Crippen molar-refractivity contribution in [1.29, 1.82) is 0 Å². The molecular weight excluding hydrogens is 216 g/mol. The van der Waals surface area contributed by atoms with Crippen LogP contribution in [0.25, 0.3) is 0 Å². The van der Waals surface area contributed by atoms with Crippen molar-refractivity contribution >= 4 is 11.6 Å². The number of nitrogen functional groups attached to an aromatic ring is 1. The van der Waals surface area contributed by atoms with Crippen molar-refractivity contribution in [3.05, 3.63) is 11.4 Å². The number of anilines is 2. The second-order valence-corrected chi connectivity index (χ2v) is 4.44. The zero-order valence-electron chi connectivity index (χ0n) is 11.3. The molecular formula is C11H22N6. The molecule has 0 bridgehead atoms. The van der Waals surface area contributed by atoms with Gasteiger partial charge in [-0.05, 0) is 27.9 Å². The van der Waals surface area contributed by atoms with Crippen molar-refractivity contribution in [1.82, 2.24) is 14.9 Å². The van der Waals surface area contributed by atoms with Gasteiger partial charge in [0.15, 0.2) is 0 Å². The molecule has 0 saturated carbocycles. The van der Waals surface area contributed by atoms with Crippen molar-refractivity contribution in [2.45, 2.75) is 13.8 Å². The molecule has 0 amide bonds. The molecule has 0 radical (unpaired) electrons. The van der Waals surface area contributed by atoms with Crippen molar-refractivity contribution in [2.24, 2.45) is 5.84 Å². The number of nitrogens with one attached hydrogen (secondary N) is 1. The third kappa shape index (κ3) is 3.54. The number of aryl methyl sites for hydroxylation is 1. The summed E-state index contributed by atoms with van der Waals surface area (Å²) in [4.78, 5) is 13.0. The molecule has 1 rings (SSSR count). The molecule has 3 N–H and O–H groups in total. The van der Waals surface area contributed by atoms with E-state index in [1.165, 1.54) is 0 Å². The Balaban J connectivity index is 2.92. The number of aromatic nitrogens is 2. The Bertz CT molecular complexity index is 376. The third-order valence-electron chi connectivity index (χ3n) is 2.61. The summed E-state index contributed by atoms with van der Waals surface area (Å²) < 4.78 is 0. The first-order valence-electron chi connectivity index (χ1n) is 5.63. The Morgan fingerprint density at radius 2 is 1.76 bits per heavy atom. The van der Waals surface area contributed by atoms with Crippen molar-refractivity contribution < 1.29 is 0 Å². The largest absolute Gasteiger partial charge is 0.358 e. The van der Waals surface area contributed by atoms with Crippen LogP contribution >= 0.6 is 0 Å². The van der Waals surface area contributed by atoms with E-state index < -0.39 is 0 Å². The second-order valence-electron chi connectivity index (χ2n) is 4.44. The van der Waals surface area contributed by atoms with Crippen molar-refractivity contribution in [3.8, 4) is 0 Å². The minimum Gasteiger partial charge on any atom is -0.358 e. The highest BCUT2D eigenvalue weighted by molar-refractivity contribution is 5.57. The lowest BCUT2D eigenvalue weighted by Gasteiger charge is -2.23. The van der Waals surface area contributed by atoms with Crippen LogP contribution in [-0.4, -0.2) is 49.1 Å². The zero-order valence-corrected chi connectivity index (χ0v) is 11.3. The molecule has 0 spiro atoms. The quantitative estimate of drug-likeness (QED) is 0.571. The van der Waals surface area contributed by atoms with Gasteiger partial charge < -0.3 is 15.2 Å². The highest BCUT2D eigenvalue weighted by Crippen LogP contribution is 2.21. The predicted octanol–water partition coefficient (Wildman–Crippen LogP) is 0.377. The van der Waals surface area contributed by atoms with E-state index >= 15 is 0 Å². The zero-order chi connectivity index (χ0) is 13.0. The van der Waals surface area contributed by atoms with Gasteiger partial charge in [0.25, 0.3) is 0 Å². The molecule has 0 saturated heterocycles. The lowest BCUT2D eigenvalue weighted by molar-refractivity contribution is 0.416. The Kier molecular flexibility index (Phi) is 4.65. The molecule has 1 heterocycles. The Labute approximate surface area is 103 Å². The predicted molar refractivity (Wildman–Crippen MR) is 71.1 cm³/mol. The van der Waals surface area contributed by atoms with Crippen LogP contribution in [0.3, 0.4) is 0 Å². The van der Waals surface area contributed by atoms with E-state index in [-0.39, 0.29) is 0 Å². The molecule has 1 aromatic heterocycles. The van der Waals surface area contributed by atoms with Gasteiger partial charge >= 0.3 is 0 Å². The first-order chi connectivity index (χ1) is 7.95. The van der Waals surface area contributed by atoms with E-state index in [2.05, 4.69) is 39.3 Å². The average Bonchev–Trinajstić information content (AvgIpc) is 2.28. The highest BCUT2D eigenvalue weighted by atomic mass is 15.3. The number of rotatable bonds is 5. The van der Waals surface area contributed by atoms with E-state index in [1.54, 1.807) is 0 Å². The van der Waals surface area contributed by atoms with Crippen LogP contribution in [0.2, 0.25) is 0 Å². The van der Waals surface area contributed by atoms with Crippen LogP contribution < -0.4 is 16.2 Å². The molecule has 6 heteroatoms. The van der Waals surface area contributed by atoms with E-state index in [0.29, 0.717) is 5.82 Å². The maximum Gasteiger partial charge on any atom is 0.148 e. The van der Waals surface area contributed by atoms with Gasteiger partial charge in [-0.15, -0.1) is 0 Å². The minimum atomic E-state index is 0.684. The van der Waals surface area contributed by atoms with Gasteiger partial charge in [0, 0.05) is 25.7 Å². The molecule has 0 unspecified atom stereocenters. The summed E-state index contributed by atoms with van der Waals surface area (Å²) in [6.45, 7) is 5.72. The van der Waals surface area contributed by atoms with E-state index in [9.17, 15) is 0 Å². The number of hydrogen-bond acceptors (Lipinski definition) is 6. The fourth-order valence-corrected chi connectivity index (χ4v) is 1.58. The Morgan fingerprint density at radius 3 is 2.29 bits per heavy atom. The SMILES string of the molecule is Cc1nc(NN)c(C)c(N(C)CCN(C)C)n1. The fourth-order valence-electron chi connectivity index (χ4n) is 1.58. The molecule has 0 aliphatic rings. The fraction of sp³-hybridized carbons (Fsp3) is 0.636. The van der Waals surface area contributed by atoms with Crippen LogP contribution in [0.4, 0.5) is 11.6 Å². The molecule has 17 heavy (non-hydrogen) atoms. The Hall–Kier alpha value is -1.40. The lowest BCUT2D eigenvalue weighted by atomic mass is 10.3. The normalized spacial score (nSPS) is 10.8. The number of hydrogen-bond donors (Lipinski definition) is 2. The second kappa shape index (κ2) is 5.79. The van der Waals surface area contributed by atoms with Crippen molar-refractivity contribution in [2.75, 3.05) is 44.6 Å². The summed E-state index contributed by atoms with van der Waals surface area (Å²) in [7, 11) is 6.14. The summed E-state index contributed by atoms with van der Waals surface area (Å²) in [5.41, 5.74) is 3.58. The smallest absolute Gasteiger partial charge is 0.148 e. The molecule has 1 aromatic rings. The van der Waals surface area contributed by atoms with Crippen LogP contribution in [0.15, 0.2) is 0 Å². The van der Waals surface area contributed by atoms with Gasteiger partial charge in [-0.2, -0.15) is 0 Å². The monoisotopic (exact) mass is 238 g/mol. The highest BCUT2D eigenvalue weighted by Gasteiger charge is 2.12. The molecule has 96 valence electrons. The molecule has 0 aliphatic carbocycles. The van der Waals surface area contributed by atoms with E-state index in [4.69, 9.17) is 5.84 Å². The number of likely N-dealkylation sites (N-methyl/N-ethyl adjacent to an activating group) is 2. The lowest BCUT2D eigenvalue weighted by Crippen LogP contribution is -2.30. The number of nitrogens with zero attached hydrogens (tertiary/aromatic N) is 4. The minimum absolute atomic E-state index is 0.684. The first kappa shape index (κ1) is 13.7. The molecule has 0 atom stereocenters. The summed E-state index contributed by atoms with van der Waals surface area (Å²) in [5.74, 6) is 7.77. The summed E-state index contributed by atoms with van der Waals surface area (Å²) >= 11 is 0. The maximum absolute atomic E-state index is 5.44. The van der Waals surface area contributed by atoms with Gasteiger partial charge in [-0.25, -0.2) is 15.8 Å². The van der Waals surface area contributed by atoms with Crippen LogP contribution in [0.1, 0.15) is 11.4 Å². The van der Waals surface area contributed by atoms with Gasteiger partial charge in [-0.3, -0.25) is 0 Å². The summed E-state index contributed by atoms with van der Waals surface area (Å²) in [6, 6.07) is 0. The summed E-state index contributed by atoms with van der Waals surface area (Å²) in [6.07, 6.45) is 0. The van der Waals surface area contributed by atoms with Crippen molar-refractivity contribution in [3.63, 3.8) is 0 Å². The van der Waals surface area contributed by atoms with Crippen LogP contribution in [0.5, 0.6) is 0 Å². The maximum atomic E-state index is 5.44. The standard InChI is InChI=1S/C11H22N6/c1-8-10(15-12)13-9(2)14-11(8)17(5)7-6-16(3)4/h6-7,12H2,1-5H3,(H,13,14,15). The van der Waals surface area contributed by atoms with Gasteiger partial charge in [0.05, 0.1) is 0 Å². The topological polar surface area (TPSA) is 70.3 Å². The van der Waals surface area contributed by atoms with Crippen LogP contribution in [-0.2, 0) is 0 Å². The number of nitrogens with two attached hydrogens (primary N) is 1. The Morgan fingerprint density at radius 1 is 1.12 bits per heavy atom. The first-order valence-corrected chi connectivity index (χ1v) is 5.63. The third-order valence-corrected chi connectivity index (χ3v) is 2.61.